The first kappa shape index (κ1) is 31.3. The highest BCUT2D eigenvalue weighted by Crippen LogP contribution is 2.39. The molecule has 2 atom stereocenters. The molecular formula is C33H44N4O2. The summed E-state index contributed by atoms with van der Waals surface area (Å²) in [5.74, 6) is 0.178. The van der Waals surface area contributed by atoms with E-state index in [1.807, 2.05) is 12.3 Å². The van der Waals surface area contributed by atoms with E-state index < -0.39 is 0 Å². The van der Waals surface area contributed by atoms with Gasteiger partial charge in [0.2, 0.25) is 11.8 Å². The SMILES string of the molecule is C=C/C=C(\C(C(CNC(=O)C=C)=C(C)C)=C(/C)C(C)C(C)c1ccc(C)cc1)c1cnn(CC(=O)N(C)C)c1. The number of amides is 2. The summed E-state index contributed by atoms with van der Waals surface area (Å²) in [7, 11) is 3.46. The predicted molar refractivity (Wildman–Crippen MR) is 162 cm³/mol. The van der Waals surface area contributed by atoms with Crippen LogP contribution >= 0.6 is 0 Å². The molecule has 0 saturated carbocycles. The fraction of sp³-hybridized carbons (Fsp3) is 0.364. The van der Waals surface area contributed by atoms with Gasteiger partial charge in [0, 0.05) is 32.4 Å². The third kappa shape index (κ3) is 8.28. The first-order chi connectivity index (χ1) is 18.4. The van der Waals surface area contributed by atoms with Gasteiger partial charge in [0.15, 0.2) is 0 Å². The molecule has 0 fully saturated rings. The van der Waals surface area contributed by atoms with Crippen molar-refractivity contribution >= 4 is 17.4 Å². The van der Waals surface area contributed by atoms with Gasteiger partial charge in [0.05, 0.1) is 6.20 Å². The molecule has 6 heteroatoms. The highest BCUT2D eigenvalue weighted by atomic mass is 16.2. The smallest absolute Gasteiger partial charge is 0.243 e. The summed E-state index contributed by atoms with van der Waals surface area (Å²) in [5, 5.41) is 7.46. The third-order valence-corrected chi connectivity index (χ3v) is 7.25. The van der Waals surface area contributed by atoms with Gasteiger partial charge in [0.1, 0.15) is 6.54 Å². The van der Waals surface area contributed by atoms with Crippen LogP contribution in [0.5, 0.6) is 0 Å². The minimum absolute atomic E-state index is 0.0384. The number of likely N-dealkylation sites (N-methyl/N-ethyl adjacent to an activating group) is 1. The number of nitrogens with one attached hydrogen (secondary N) is 1. The van der Waals surface area contributed by atoms with Crippen molar-refractivity contribution in [3.05, 3.63) is 107 Å². The average Bonchev–Trinajstić information content (AvgIpc) is 3.36. The number of aromatic nitrogens is 2. The van der Waals surface area contributed by atoms with E-state index >= 15 is 0 Å². The Labute approximate surface area is 234 Å². The summed E-state index contributed by atoms with van der Waals surface area (Å²) in [4.78, 5) is 26.0. The van der Waals surface area contributed by atoms with Gasteiger partial charge in [-0.2, -0.15) is 5.10 Å². The summed E-state index contributed by atoms with van der Waals surface area (Å²) in [5.41, 5.74) is 8.68. The lowest BCUT2D eigenvalue weighted by Gasteiger charge is -2.27. The van der Waals surface area contributed by atoms with Crippen molar-refractivity contribution in [3.8, 4) is 0 Å². The van der Waals surface area contributed by atoms with Gasteiger partial charge in [-0.25, -0.2) is 0 Å². The van der Waals surface area contributed by atoms with Crippen LogP contribution in [0.4, 0.5) is 0 Å². The van der Waals surface area contributed by atoms with E-state index in [0.29, 0.717) is 6.54 Å². The maximum absolute atomic E-state index is 12.3. The molecule has 2 unspecified atom stereocenters. The van der Waals surface area contributed by atoms with Crippen LogP contribution in [0.3, 0.4) is 0 Å². The van der Waals surface area contributed by atoms with E-state index in [4.69, 9.17) is 0 Å². The molecule has 2 rings (SSSR count). The van der Waals surface area contributed by atoms with E-state index in [9.17, 15) is 9.59 Å². The van der Waals surface area contributed by atoms with Gasteiger partial charge in [-0.3, -0.25) is 14.3 Å². The molecule has 208 valence electrons. The average molecular weight is 529 g/mol. The number of allylic oxidation sites excluding steroid dienone is 5. The Bertz CT molecular complexity index is 1290. The number of benzene rings is 1. The number of carbonyl (C=O) groups is 2. The predicted octanol–water partition coefficient (Wildman–Crippen LogP) is 6.24. The minimum atomic E-state index is -0.226. The van der Waals surface area contributed by atoms with Crippen LogP contribution in [0.15, 0.2) is 90.3 Å². The lowest BCUT2D eigenvalue weighted by molar-refractivity contribution is -0.129. The number of carbonyl (C=O) groups excluding carboxylic acids is 2. The number of nitrogens with zero attached hydrogens (tertiary/aromatic N) is 3. The van der Waals surface area contributed by atoms with Crippen LogP contribution < -0.4 is 5.32 Å². The molecule has 0 bridgehead atoms. The molecule has 1 aromatic carbocycles. The van der Waals surface area contributed by atoms with Crippen LogP contribution in [0.2, 0.25) is 0 Å². The minimum Gasteiger partial charge on any atom is -0.348 e. The zero-order valence-corrected chi connectivity index (χ0v) is 24.8. The number of rotatable bonds is 12. The largest absolute Gasteiger partial charge is 0.348 e. The van der Waals surface area contributed by atoms with Crippen LogP contribution in [0.1, 0.15) is 57.2 Å². The lowest BCUT2D eigenvalue weighted by atomic mass is 9.78. The molecule has 2 amide bonds. The van der Waals surface area contributed by atoms with E-state index in [0.717, 1.165) is 27.9 Å². The highest BCUT2D eigenvalue weighted by molar-refractivity contribution is 5.89. The zero-order chi connectivity index (χ0) is 29.3. The van der Waals surface area contributed by atoms with Crippen LogP contribution in [-0.4, -0.2) is 47.1 Å². The van der Waals surface area contributed by atoms with Crippen molar-refractivity contribution < 1.29 is 9.59 Å². The standard InChI is InChI=1S/C33H44N4O2/c1-11-13-29(28-18-35-37(20-28)21-32(39)36(9)10)33(30(22(3)4)19-34-31(38)12-2)26(8)24(6)25(7)27-16-14-23(5)15-17-27/h11-18,20,24-25H,1-2,19,21H2,3-10H3,(H,34,38)/b29-13-,33-26-. The first-order valence-corrected chi connectivity index (χ1v) is 13.3. The van der Waals surface area contributed by atoms with Crippen molar-refractivity contribution in [2.75, 3.05) is 20.6 Å². The maximum Gasteiger partial charge on any atom is 0.243 e. The van der Waals surface area contributed by atoms with Gasteiger partial charge >= 0.3 is 0 Å². The van der Waals surface area contributed by atoms with Crippen molar-refractivity contribution in [1.29, 1.82) is 0 Å². The van der Waals surface area contributed by atoms with Gasteiger partial charge in [-0.15, -0.1) is 0 Å². The summed E-state index contributed by atoms with van der Waals surface area (Å²) in [6.45, 7) is 21.0. The van der Waals surface area contributed by atoms with Crippen molar-refractivity contribution in [2.45, 2.75) is 54.0 Å². The Hall–Kier alpha value is -3.93. The van der Waals surface area contributed by atoms with Crippen molar-refractivity contribution in [3.63, 3.8) is 0 Å². The molecule has 1 aromatic heterocycles. The molecule has 2 aromatic rings. The number of hydrogen-bond acceptors (Lipinski definition) is 3. The quantitative estimate of drug-likeness (QED) is 0.262. The van der Waals surface area contributed by atoms with Gasteiger partial charge in [-0.1, -0.05) is 80.1 Å². The molecule has 0 aliphatic rings. The van der Waals surface area contributed by atoms with E-state index in [-0.39, 0.29) is 30.2 Å². The Kier molecular flexibility index (Phi) is 11.5. The Morgan fingerprint density at radius 2 is 1.74 bits per heavy atom. The summed E-state index contributed by atoms with van der Waals surface area (Å²) in [6, 6.07) is 8.69. The van der Waals surface area contributed by atoms with E-state index in [2.05, 4.69) is 89.4 Å². The number of aryl methyl sites for hydroxylation is 1. The van der Waals surface area contributed by atoms with Crippen LogP contribution in [0, 0.1) is 12.8 Å². The molecule has 0 saturated heterocycles. The fourth-order valence-corrected chi connectivity index (χ4v) is 4.45. The Balaban J connectivity index is 2.72. The van der Waals surface area contributed by atoms with Gasteiger partial charge in [-0.05, 0) is 67.9 Å². The summed E-state index contributed by atoms with van der Waals surface area (Å²) in [6.07, 6.45) is 8.71. The molecule has 1 N–H and O–H groups in total. The monoisotopic (exact) mass is 528 g/mol. The normalized spacial score (nSPS) is 13.6. The fourth-order valence-electron chi connectivity index (χ4n) is 4.45. The molecule has 39 heavy (non-hydrogen) atoms. The maximum atomic E-state index is 12.3. The second-order valence-corrected chi connectivity index (χ2v) is 10.5. The van der Waals surface area contributed by atoms with Crippen LogP contribution in [-0.2, 0) is 16.1 Å². The van der Waals surface area contributed by atoms with Crippen molar-refractivity contribution in [2.24, 2.45) is 5.92 Å². The molecule has 0 radical (unpaired) electrons. The molecule has 0 aliphatic carbocycles. The summed E-state index contributed by atoms with van der Waals surface area (Å²) < 4.78 is 1.65. The summed E-state index contributed by atoms with van der Waals surface area (Å²) >= 11 is 0. The molecule has 0 spiro atoms. The second kappa shape index (κ2) is 14.3. The second-order valence-electron chi connectivity index (χ2n) is 10.5. The Morgan fingerprint density at radius 3 is 2.28 bits per heavy atom. The topological polar surface area (TPSA) is 67.2 Å². The molecule has 1 heterocycles. The molecule has 6 nitrogen and oxygen atoms in total. The lowest BCUT2D eigenvalue weighted by Crippen LogP contribution is -2.26. The first-order valence-electron chi connectivity index (χ1n) is 13.3. The van der Waals surface area contributed by atoms with Crippen LogP contribution in [0.25, 0.3) is 5.57 Å². The third-order valence-electron chi connectivity index (χ3n) is 7.25. The van der Waals surface area contributed by atoms with E-state index in [1.54, 1.807) is 35.9 Å². The van der Waals surface area contributed by atoms with Crippen molar-refractivity contribution in [1.82, 2.24) is 20.0 Å². The van der Waals surface area contributed by atoms with Gasteiger partial charge in [0.25, 0.3) is 0 Å². The number of hydrogen-bond donors (Lipinski definition) is 1. The van der Waals surface area contributed by atoms with E-state index in [1.165, 1.54) is 22.8 Å². The molecule has 0 aliphatic heterocycles. The highest BCUT2D eigenvalue weighted by Gasteiger charge is 2.24. The van der Waals surface area contributed by atoms with Gasteiger partial charge < -0.3 is 10.2 Å². The Morgan fingerprint density at radius 1 is 1.10 bits per heavy atom. The molecular weight excluding hydrogens is 484 g/mol. The zero-order valence-electron chi connectivity index (χ0n) is 24.8.